The van der Waals surface area contributed by atoms with Crippen LogP contribution in [0, 0.1) is 0 Å². The molecule has 0 spiro atoms. The Balaban J connectivity index is 1.73. The van der Waals surface area contributed by atoms with Gasteiger partial charge in [0.05, 0.1) is 12.7 Å². The van der Waals surface area contributed by atoms with Crippen LogP contribution in [0.2, 0.25) is 0 Å². The Labute approximate surface area is 122 Å². The lowest BCUT2D eigenvalue weighted by Gasteiger charge is -2.41. The zero-order valence-electron chi connectivity index (χ0n) is 12.9. The van der Waals surface area contributed by atoms with Gasteiger partial charge in [0.2, 0.25) is 5.91 Å². The standard InChI is InChI=1S/C15H29N3O2/c1-12(16)3-4-15(19)17-7-5-14(6-8-17)18-9-10-20-13(2)11-18/h12-14H,3-11,16H2,1-2H3. The molecule has 0 saturated carbocycles. The van der Waals surface area contributed by atoms with Crippen molar-refractivity contribution in [2.24, 2.45) is 5.73 Å². The highest BCUT2D eigenvalue weighted by atomic mass is 16.5. The number of nitrogens with two attached hydrogens (primary N) is 1. The summed E-state index contributed by atoms with van der Waals surface area (Å²) < 4.78 is 5.59. The first kappa shape index (κ1) is 15.7. The highest BCUT2D eigenvalue weighted by Gasteiger charge is 2.29. The molecule has 2 rings (SSSR count). The van der Waals surface area contributed by atoms with E-state index in [2.05, 4.69) is 11.8 Å². The van der Waals surface area contributed by atoms with E-state index in [9.17, 15) is 4.79 Å². The van der Waals surface area contributed by atoms with Crippen LogP contribution in [0.4, 0.5) is 0 Å². The minimum Gasteiger partial charge on any atom is -0.376 e. The monoisotopic (exact) mass is 283 g/mol. The van der Waals surface area contributed by atoms with Crippen molar-refractivity contribution < 1.29 is 9.53 Å². The van der Waals surface area contributed by atoms with Crippen molar-refractivity contribution in [3.05, 3.63) is 0 Å². The molecule has 116 valence electrons. The number of morpholine rings is 1. The van der Waals surface area contributed by atoms with Crippen LogP contribution >= 0.6 is 0 Å². The Morgan fingerprint density at radius 1 is 1.35 bits per heavy atom. The summed E-state index contributed by atoms with van der Waals surface area (Å²) in [5.74, 6) is 0.274. The van der Waals surface area contributed by atoms with Gasteiger partial charge in [-0.05, 0) is 33.1 Å². The summed E-state index contributed by atoms with van der Waals surface area (Å²) in [6.07, 6.45) is 3.92. The highest BCUT2D eigenvalue weighted by molar-refractivity contribution is 5.76. The second-order valence-electron chi connectivity index (χ2n) is 6.30. The maximum atomic E-state index is 12.1. The third-order valence-corrected chi connectivity index (χ3v) is 4.42. The number of nitrogens with zero attached hydrogens (tertiary/aromatic N) is 2. The quantitative estimate of drug-likeness (QED) is 0.830. The lowest BCUT2D eigenvalue weighted by atomic mass is 10.0. The molecule has 2 saturated heterocycles. The van der Waals surface area contributed by atoms with E-state index in [0.29, 0.717) is 18.6 Å². The zero-order chi connectivity index (χ0) is 14.5. The molecule has 0 aromatic rings. The van der Waals surface area contributed by atoms with Crippen LogP contribution in [0.1, 0.15) is 39.5 Å². The van der Waals surface area contributed by atoms with Gasteiger partial charge in [0, 0.05) is 44.7 Å². The Morgan fingerprint density at radius 3 is 2.65 bits per heavy atom. The second-order valence-corrected chi connectivity index (χ2v) is 6.30. The molecule has 2 heterocycles. The van der Waals surface area contributed by atoms with E-state index in [4.69, 9.17) is 10.5 Å². The Hall–Kier alpha value is -0.650. The normalized spacial score (nSPS) is 27.6. The maximum Gasteiger partial charge on any atom is 0.222 e. The number of likely N-dealkylation sites (tertiary alicyclic amines) is 1. The molecular weight excluding hydrogens is 254 g/mol. The van der Waals surface area contributed by atoms with Gasteiger partial charge in [0.15, 0.2) is 0 Å². The van der Waals surface area contributed by atoms with Gasteiger partial charge in [-0.3, -0.25) is 9.69 Å². The van der Waals surface area contributed by atoms with Gasteiger partial charge in [0.25, 0.3) is 0 Å². The van der Waals surface area contributed by atoms with Crippen LogP contribution in [0.5, 0.6) is 0 Å². The summed E-state index contributed by atoms with van der Waals surface area (Å²) in [5.41, 5.74) is 5.71. The van der Waals surface area contributed by atoms with Crippen molar-refractivity contribution in [1.29, 1.82) is 0 Å². The van der Waals surface area contributed by atoms with Gasteiger partial charge in [-0.15, -0.1) is 0 Å². The van der Waals surface area contributed by atoms with Gasteiger partial charge in [-0.2, -0.15) is 0 Å². The molecule has 2 fully saturated rings. The van der Waals surface area contributed by atoms with E-state index in [1.54, 1.807) is 0 Å². The number of rotatable bonds is 4. The number of hydrogen-bond acceptors (Lipinski definition) is 4. The van der Waals surface area contributed by atoms with Crippen molar-refractivity contribution in [2.45, 2.75) is 57.7 Å². The van der Waals surface area contributed by atoms with Crippen molar-refractivity contribution in [3.8, 4) is 0 Å². The predicted molar refractivity (Wildman–Crippen MR) is 79.5 cm³/mol. The van der Waals surface area contributed by atoms with E-state index in [0.717, 1.165) is 52.0 Å². The van der Waals surface area contributed by atoms with Crippen molar-refractivity contribution in [3.63, 3.8) is 0 Å². The molecule has 2 N–H and O–H groups in total. The van der Waals surface area contributed by atoms with Crippen LogP contribution in [0.25, 0.3) is 0 Å². The molecule has 2 aliphatic heterocycles. The van der Waals surface area contributed by atoms with Crippen molar-refractivity contribution >= 4 is 5.91 Å². The molecule has 0 aliphatic carbocycles. The molecular formula is C15H29N3O2. The number of carbonyl (C=O) groups excluding carboxylic acids is 1. The summed E-state index contributed by atoms with van der Waals surface area (Å²) in [4.78, 5) is 16.6. The van der Waals surface area contributed by atoms with Gasteiger partial charge in [-0.1, -0.05) is 0 Å². The molecule has 20 heavy (non-hydrogen) atoms. The zero-order valence-corrected chi connectivity index (χ0v) is 12.9. The Kier molecular flexibility index (Phi) is 5.81. The first-order chi connectivity index (χ1) is 9.56. The van der Waals surface area contributed by atoms with Gasteiger partial charge >= 0.3 is 0 Å². The smallest absolute Gasteiger partial charge is 0.222 e. The maximum absolute atomic E-state index is 12.1. The molecule has 2 aliphatic rings. The number of amides is 1. The first-order valence-corrected chi connectivity index (χ1v) is 7.95. The lowest BCUT2D eigenvalue weighted by molar-refractivity contribution is -0.133. The average Bonchev–Trinajstić information content (AvgIpc) is 2.45. The third-order valence-electron chi connectivity index (χ3n) is 4.42. The number of ether oxygens (including phenoxy) is 1. The number of piperidine rings is 1. The second kappa shape index (κ2) is 7.38. The molecule has 0 aromatic heterocycles. The predicted octanol–water partition coefficient (Wildman–Crippen LogP) is 0.826. The topological polar surface area (TPSA) is 58.8 Å². The number of hydrogen-bond donors (Lipinski definition) is 1. The van der Waals surface area contributed by atoms with Crippen LogP contribution < -0.4 is 5.73 Å². The van der Waals surface area contributed by atoms with Crippen LogP contribution in [0.15, 0.2) is 0 Å². The van der Waals surface area contributed by atoms with E-state index in [1.807, 2.05) is 11.8 Å². The molecule has 0 aromatic carbocycles. The van der Waals surface area contributed by atoms with E-state index < -0.39 is 0 Å². The molecule has 2 atom stereocenters. The van der Waals surface area contributed by atoms with Crippen LogP contribution in [-0.2, 0) is 9.53 Å². The fraction of sp³-hybridized carbons (Fsp3) is 0.933. The molecule has 2 unspecified atom stereocenters. The van der Waals surface area contributed by atoms with Crippen molar-refractivity contribution in [2.75, 3.05) is 32.8 Å². The van der Waals surface area contributed by atoms with E-state index >= 15 is 0 Å². The fourth-order valence-corrected chi connectivity index (χ4v) is 3.17. The first-order valence-electron chi connectivity index (χ1n) is 7.95. The Morgan fingerprint density at radius 2 is 2.05 bits per heavy atom. The third kappa shape index (κ3) is 4.43. The van der Waals surface area contributed by atoms with E-state index in [-0.39, 0.29) is 11.9 Å². The van der Waals surface area contributed by atoms with Gasteiger partial charge < -0.3 is 15.4 Å². The summed E-state index contributed by atoms with van der Waals surface area (Å²) in [7, 11) is 0. The molecule has 0 radical (unpaired) electrons. The summed E-state index contributed by atoms with van der Waals surface area (Å²) in [5, 5.41) is 0. The molecule has 5 nitrogen and oxygen atoms in total. The molecule has 0 bridgehead atoms. The lowest BCUT2D eigenvalue weighted by Crippen LogP contribution is -2.51. The molecule has 1 amide bonds. The highest BCUT2D eigenvalue weighted by Crippen LogP contribution is 2.20. The van der Waals surface area contributed by atoms with Crippen LogP contribution in [-0.4, -0.2) is 66.7 Å². The average molecular weight is 283 g/mol. The minimum atomic E-state index is 0.117. The minimum absolute atomic E-state index is 0.117. The van der Waals surface area contributed by atoms with Crippen LogP contribution in [0.3, 0.4) is 0 Å². The SMILES string of the molecule is CC(N)CCC(=O)N1CCC(N2CCOC(C)C2)CC1. The largest absolute Gasteiger partial charge is 0.376 e. The number of carbonyl (C=O) groups is 1. The van der Waals surface area contributed by atoms with Gasteiger partial charge in [0.1, 0.15) is 0 Å². The molecule has 5 heteroatoms. The summed E-state index contributed by atoms with van der Waals surface area (Å²) >= 11 is 0. The van der Waals surface area contributed by atoms with E-state index in [1.165, 1.54) is 0 Å². The van der Waals surface area contributed by atoms with Gasteiger partial charge in [-0.25, -0.2) is 0 Å². The summed E-state index contributed by atoms with van der Waals surface area (Å²) in [6, 6.07) is 0.741. The van der Waals surface area contributed by atoms with Crippen molar-refractivity contribution in [1.82, 2.24) is 9.80 Å². The fourth-order valence-electron chi connectivity index (χ4n) is 3.17. The summed E-state index contributed by atoms with van der Waals surface area (Å²) in [6.45, 7) is 8.80. The Bertz CT molecular complexity index is 314.